The Bertz CT molecular complexity index is 25.3. The zero-order valence-corrected chi connectivity index (χ0v) is 7.74. The van der Waals surface area contributed by atoms with Crippen LogP contribution in [-0.4, -0.2) is 12.3 Å². The van der Waals surface area contributed by atoms with Gasteiger partial charge in [0.25, 0.3) is 0 Å². The van der Waals surface area contributed by atoms with Crippen molar-refractivity contribution >= 4 is 16.5 Å². The molecule has 7 heavy (non-hydrogen) atoms. The minimum absolute atomic E-state index is 0.438. The molecule has 0 aliphatic rings. The summed E-state index contributed by atoms with van der Waals surface area (Å²) in [5.74, 6) is 0. The Hall–Kier alpha value is 0.860. The molecule has 0 aliphatic carbocycles. The second kappa shape index (κ2) is 6.86. The van der Waals surface area contributed by atoms with E-state index in [9.17, 15) is 0 Å². The molecule has 0 heterocycles. The molecule has 0 aliphatic heterocycles. The van der Waals surface area contributed by atoms with E-state index < -0.39 is 0 Å². The quantitative estimate of drug-likeness (QED) is 0.412. The van der Waals surface area contributed by atoms with Gasteiger partial charge in [-0.2, -0.15) is 0 Å². The van der Waals surface area contributed by atoms with Crippen molar-refractivity contribution in [1.29, 1.82) is 0 Å². The molecule has 0 radical (unpaired) electrons. The van der Waals surface area contributed by atoms with Crippen molar-refractivity contribution in [1.82, 2.24) is 0 Å². The topological polar surface area (TPSA) is 0 Å². The van der Waals surface area contributed by atoms with Crippen molar-refractivity contribution in [2.45, 2.75) is 20.3 Å². The van der Waals surface area contributed by atoms with Crippen molar-refractivity contribution in [3.63, 3.8) is 0 Å². The van der Waals surface area contributed by atoms with Gasteiger partial charge in [-0.3, -0.25) is 0 Å². The predicted molar refractivity (Wildman–Crippen MR) is 45.1 cm³/mol. The summed E-state index contributed by atoms with van der Waals surface area (Å²) in [5.41, 5.74) is 0. The van der Waals surface area contributed by atoms with E-state index in [1.54, 1.807) is 0 Å². The molecule has 0 aromatic heterocycles. The fourth-order valence-electron chi connectivity index (χ4n) is 0.479. The van der Waals surface area contributed by atoms with Gasteiger partial charge >= 0.3 is 49.1 Å². The molecular weight excluding hydrogens is 122 g/mol. The first-order valence-corrected chi connectivity index (χ1v) is 7.66. The van der Waals surface area contributed by atoms with Gasteiger partial charge in [0, 0.05) is 0 Å². The summed E-state index contributed by atoms with van der Waals surface area (Å²) < 4.78 is 0. The molecule has 0 amide bonds. The van der Waals surface area contributed by atoms with Crippen LogP contribution in [0.3, 0.4) is 0 Å². The standard InChI is InChI=1S/C5H16P2/c1-3-5-7-6-4-2/h7H,3-5H2,1-2,6H3. The Kier molecular flexibility index (Phi) is 7.70. The Morgan fingerprint density at radius 2 is 2.14 bits per heavy atom. The maximum atomic E-state index is 2.31. The van der Waals surface area contributed by atoms with Gasteiger partial charge in [0.15, 0.2) is 0 Å². The van der Waals surface area contributed by atoms with E-state index in [1.165, 1.54) is 27.0 Å². The SMILES string of the molecule is CCCP[PH3]CC. The number of hydrogen-bond donors (Lipinski definition) is 0. The summed E-state index contributed by atoms with van der Waals surface area (Å²) >= 11 is 0. The van der Waals surface area contributed by atoms with Gasteiger partial charge in [0.05, 0.1) is 0 Å². The van der Waals surface area contributed by atoms with Gasteiger partial charge in [-0.1, -0.05) is 0 Å². The van der Waals surface area contributed by atoms with Crippen molar-refractivity contribution in [3.8, 4) is 0 Å². The molecule has 0 fully saturated rings. The normalized spacial score (nSPS) is 11.7. The minimum atomic E-state index is 0.438. The van der Waals surface area contributed by atoms with Crippen LogP contribution >= 0.6 is 16.5 Å². The first-order valence-electron chi connectivity index (χ1n) is 3.12. The van der Waals surface area contributed by atoms with Gasteiger partial charge in [-0.05, 0) is 0 Å². The molecule has 1 atom stereocenters. The van der Waals surface area contributed by atoms with E-state index >= 15 is 0 Å². The van der Waals surface area contributed by atoms with E-state index in [0.717, 1.165) is 0 Å². The van der Waals surface area contributed by atoms with E-state index in [-0.39, 0.29) is 0 Å². The van der Waals surface area contributed by atoms with Crippen LogP contribution in [0.5, 0.6) is 0 Å². The fourth-order valence-corrected chi connectivity index (χ4v) is 4.31. The van der Waals surface area contributed by atoms with Gasteiger partial charge in [-0.25, -0.2) is 0 Å². The molecule has 0 aromatic carbocycles. The number of rotatable bonds is 4. The Morgan fingerprint density at radius 3 is 2.57 bits per heavy atom. The third-order valence-electron chi connectivity index (χ3n) is 0.854. The summed E-state index contributed by atoms with van der Waals surface area (Å²) in [6.45, 7) is 4.59. The molecule has 0 N–H and O–H groups in total. The molecule has 2 heteroatoms. The number of hydrogen-bond acceptors (Lipinski definition) is 0. The molecule has 0 spiro atoms. The molecule has 0 bridgehead atoms. The Balaban J connectivity index is 2.45. The van der Waals surface area contributed by atoms with Gasteiger partial charge in [-0.15, -0.1) is 0 Å². The van der Waals surface area contributed by atoms with Crippen LogP contribution in [0.4, 0.5) is 0 Å². The molecule has 0 saturated carbocycles. The summed E-state index contributed by atoms with van der Waals surface area (Å²) in [5, 5.41) is 0. The molecule has 0 aromatic rings. The van der Waals surface area contributed by atoms with Crippen molar-refractivity contribution in [2.75, 3.05) is 12.3 Å². The van der Waals surface area contributed by atoms with Crippen LogP contribution in [0.1, 0.15) is 20.3 Å². The second-order valence-electron chi connectivity index (χ2n) is 1.75. The Labute approximate surface area is 49.9 Å². The van der Waals surface area contributed by atoms with Crippen LogP contribution in [0, 0.1) is 0 Å². The van der Waals surface area contributed by atoms with Crippen molar-refractivity contribution in [2.24, 2.45) is 0 Å². The first kappa shape index (κ1) is 7.86. The third kappa shape index (κ3) is 6.86. The summed E-state index contributed by atoms with van der Waals surface area (Å²) in [7, 11) is 1.81. The van der Waals surface area contributed by atoms with E-state index in [4.69, 9.17) is 0 Å². The third-order valence-corrected chi connectivity index (χ3v) is 6.18. The van der Waals surface area contributed by atoms with Gasteiger partial charge in [0.1, 0.15) is 0 Å². The first-order chi connectivity index (χ1) is 3.41. The maximum absolute atomic E-state index is 2.31. The summed E-state index contributed by atoms with van der Waals surface area (Å²) in [4.78, 5) is 0. The van der Waals surface area contributed by atoms with Crippen LogP contribution in [0.25, 0.3) is 0 Å². The van der Waals surface area contributed by atoms with E-state index in [2.05, 4.69) is 13.8 Å². The van der Waals surface area contributed by atoms with Crippen molar-refractivity contribution in [3.05, 3.63) is 0 Å². The predicted octanol–water partition coefficient (Wildman–Crippen LogP) is 2.15. The molecule has 0 nitrogen and oxygen atoms in total. The monoisotopic (exact) mass is 138 g/mol. The Morgan fingerprint density at radius 1 is 1.43 bits per heavy atom. The molecular formula is C5H16P2. The van der Waals surface area contributed by atoms with Gasteiger partial charge < -0.3 is 0 Å². The zero-order valence-electron chi connectivity index (χ0n) is 5.33. The van der Waals surface area contributed by atoms with Gasteiger partial charge in [0.2, 0.25) is 0 Å². The average Bonchev–Trinajstić information content (AvgIpc) is 1.69. The van der Waals surface area contributed by atoms with Crippen LogP contribution in [-0.2, 0) is 0 Å². The fraction of sp³-hybridized carbons (Fsp3) is 1.00. The molecule has 46 valence electrons. The summed E-state index contributed by atoms with van der Waals surface area (Å²) in [6.07, 6.45) is 4.43. The van der Waals surface area contributed by atoms with E-state index in [0.29, 0.717) is 8.27 Å². The van der Waals surface area contributed by atoms with Crippen LogP contribution < -0.4 is 0 Å². The van der Waals surface area contributed by atoms with Crippen molar-refractivity contribution < 1.29 is 0 Å². The second-order valence-corrected chi connectivity index (χ2v) is 7.25. The van der Waals surface area contributed by atoms with Crippen LogP contribution in [0.2, 0.25) is 0 Å². The molecule has 0 rings (SSSR count). The zero-order chi connectivity index (χ0) is 5.54. The molecule has 1 unspecified atom stereocenters. The summed E-state index contributed by atoms with van der Waals surface area (Å²) in [6, 6.07) is 0. The molecule has 0 saturated heterocycles. The van der Waals surface area contributed by atoms with Crippen LogP contribution in [0.15, 0.2) is 0 Å². The average molecular weight is 138 g/mol. The van der Waals surface area contributed by atoms with E-state index in [1.807, 2.05) is 0 Å².